The Morgan fingerprint density at radius 3 is 2.75 bits per heavy atom. The summed E-state index contributed by atoms with van der Waals surface area (Å²) in [5.41, 5.74) is 0. The molecule has 4 nitrogen and oxygen atoms in total. The molecule has 2 heterocycles. The number of nitrogens with zero attached hydrogens (tertiary/aromatic N) is 1. The number of hydrogen-bond donors (Lipinski definition) is 1. The van der Waals surface area contributed by atoms with E-state index in [1.165, 1.54) is 0 Å². The van der Waals surface area contributed by atoms with E-state index < -0.39 is 10.0 Å². The SMILES string of the molecule is CC(C)C1CNC2CCCCS(=O)(=O)N1C2. The highest BCUT2D eigenvalue weighted by molar-refractivity contribution is 7.89. The molecule has 0 aliphatic carbocycles. The van der Waals surface area contributed by atoms with Gasteiger partial charge < -0.3 is 5.32 Å². The zero-order chi connectivity index (χ0) is 11.8. The fourth-order valence-electron chi connectivity index (χ4n) is 2.68. The van der Waals surface area contributed by atoms with Gasteiger partial charge in [-0.2, -0.15) is 4.31 Å². The van der Waals surface area contributed by atoms with Gasteiger partial charge in [-0.05, 0) is 18.8 Å². The van der Waals surface area contributed by atoms with Crippen molar-refractivity contribution < 1.29 is 8.42 Å². The van der Waals surface area contributed by atoms with Gasteiger partial charge in [0.05, 0.1) is 5.75 Å². The first kappa shape index (κ1) is 12.3. The van der Waals surface area contributed by atoms with Crippen LogP contribution < -0.4 is 5.32 Å². The Labute approximate surface area is 98.4 Å². The van der Waals surface area contributed by atoms with Crippen LogP contribution in [0.25, 0.3) is 0 Å². The van der Waals surface area contributed by atoms with Gasteiger partial charge in [-0.15, -0.1) is 0 Å². The number of hydrogen-bond acceptors (Lipinski definition) is 3. The predicted molar refractivity (Wildman–Crippen MR) is 64.8 cm³/mol. The molecule has 2 fully saturated rings. The van der Waals surface area contributed by atoms with E-state index in [0.717, 1.165) is 25.8 Å². The number of nitrogens with one attached hydrogen (secondary N) is 1. The third-order valence-electron chi connectivity index (χ3n) is 3.72. The fourth-order valence-corrected chi connectivity index (χ4v) is 4.62. The first-order valence-corrected chi connectivity index (χ1v) is 7.84. The summed E-state index contributed by atoms with van der Waals surface area (Å²) in [5.74, 6) is 0.714. The highest BCUT2D eigenvalue weighted by Crippen LogP contribution is 2.24. The maximum atomic E-state index is 12.2. The lowest BCUT2D eigenvalue weighted by atomic mass is 9.99. The lowest BCUT2D eigenvalue weighted by Gasteiger charge is -2.42. The van der Waals surface area contributed by atoms with Gasteiger partial charge in [-0.3, -0.25) is 0 Å². The predicted octanol–water partition coefficient (Wildman–Crippen LogP) is 0.799. The van der Waals surface area contributed by atoms with Crippen molar-refractivity contribution in [3.05, 3.63) is 0 Å². The van der Waals surface area contributed by atoms with Crippen molar-refractivity contribution in [3.63, 3.8) is 0 Å². The van der Waals surface area contributed by atoms with E-state index in [-0.39, 0.29) is 6.04 Å². The van der Waals surface area contributed by atoms with Crippen LogP contribution in [-0.2, 0) is 10.0 Å². The fraction of sp³-hybridized carbons (Fsp3) is 1.00. The molecule has 3 unspecified atom stereocenters. The molecule has 16 heavy (non-hydrogen) atoms. The lowest BCUT2D eigenvalue weighted by Crippen LogP contribution is -2.60. The van der Waals surface area contributed by atoms with E-state index in [4.69, 9.17) is 0 Å². The van der Waals surface area contributed by atoms with Crippen LogP contribution in [0.5, 0.6) is 0 Å². The Kier molecular flexibility index (Phi) is 3.56. The average Bonchev–Trinajstić information content (AvgIpc) is 2.23. The minimum atomic E-state index is -3.02. The summed E-state index contributed by atoms with van der Waals surface area (Å²) in [7, 11) is -3.02. The minimum absolute atomic E-state index is 0.138. The first-order valence-electron chi connectivity index (χ1n) is 6.23. The topological polar surface area (TPSA) is 49.4 Å². The number of fused-ring (bicyclic) bond motifs is 2. The van der Waals surface area contributed by atoms with Crippen molar-refractivity contribution in [1.29, 1.82) is 0 Å². The number of rotatable bonds is 1. The third kappa shape index (κ3) is 2.41. The van der Waals surface area contributed by atoms with Gasteiger partial charge in [-0.1, -0.05) is 20.3 Å². The monoisotopic (exact) mass is 246 g/mol. The minimum Gasteiger partial charge on any atom is -0.311 e. The van der Waals surface area contributed by atoms with Crippen molar-refractivity contribution in [2.45, 2.75) is 45.2 Å². The summed E-state index contributed by atoms with van der Waals surface area (Å²) in [6, 6.07) is 0.504. The Hall–Kier alpha value is -0.130. The van der Waals surface area contributed by atoms with Crippen LogP contribution in [-0.4, -0.2) is 43.6 Å². The van der Waals surface area contributed by atoms with Crippen LogP contribution >= 0.6 is 0 Å². The zero-order valence-electron chi connectivity index (χ0n) is 10.1. The summed E-state index contributed by atoms with van der Waals surface area (Å²) in [4.78, 5) is 0. The van der Waals surface area contributed by atoms with E-state index in [1.54, 1.807) is 4.31 Å². The molecule has 0 radical (unpaired) electrons. The summed E-state index contributed by atoms with van der Waals surface area (Å²) in [6.07, 6.45) is 2.94. The van der Waals surface area contributed by atoms with Crippen molar-refractivity contribution in [2.75, 3.05) is 18.8 Å². The Morgan fingerprint density at radius 2 is 2.06 bits per heavy atom. The molecule has 0 aromatic carbocycles. The smallest absolute Gasteiger partial charge is 0.214 e. The average molecular weight is 246 g/mol. The lowest BCUT2D eigenvalue weighted by molar-refractivity contribution is 0.173. The molecule has 0 aromatic heterocycles. The summed E-state index contributed by atoms with van der Waals surface area (Å²) in [5, 5.41) is 3.48. The van der Waals surface area contributed by atoms with Crippen LogP contribution in [0.4, 0.5) is 0 Å². The second-order valence-corrected chi connectivity index (χ2v) is 7.34. The van der Waals surface area contributed by atoms with Crippen LogP contribution in [0.15, 0.2) is 0 Å². The largest absolute Gasteiger partial charge is 0.311 e. The van der Waals surface area contributed by atoms with E-state index in [2.05, 4.69) is 19.2 Å². The molecule has 0 spiro atoms. The molecule has 0 saturated carbocycles. The van der Waals surface area contributed by atoms with Gasteiger partial charge >= 0.3 is 0 Å². The second-order valence-electron chi connectivity index (χ2n) is 5.30. The van der Waals surface area contributed by atoms with Gasteiger partial charge in [0.1, 0.15) is 0 Å². The van der Waals surface area contributed by atoms with E-state index >= 15 is 0 Å². The van der Waals surface area contributed by atoms with Crippen molar-refractivity contribution in [1.82, 2.24) is 9.62 Å². The van der Waals surface area contributed by atoms with Gasteiger partial charge in [0.2, 0.25) is 10.0 Å². The third-order valence-corrected chi connectivity index (χ3v) is 5.66. The van der Waals surface area contributed by atoms with Crippen LogP contribution in [0.3, 0.4) is 0 Å². The molecule has 0 aromatic rings. The highest BCUT2D eigenvalue weighted by Gasteiger charge is 2.37. The summed E-state index contributed by atoms with van der Waals surface area (Å²) < 4.78 is 26.1. The van der Waals surface area contributed by atoms with Crippen molar-refractivity contribution >= 4 is 10.0 Å². The van der Waals surface area contributed by atoms with Crippen molar-refractivity contribution in [3.8, 4) is 0 Å². The molecule has 2 saturated heterocycles. The molecule has 2 bridgehead atoms. The quantitative estimate of drug-likeness (QED) is 0.744. The van der Waals surface area contributed by atoms with Gasteiger partial charge in [-0.25, -0.2) is 8.42 Å². The standard InChI is InChI=1S/C11H22N2O2S/c1-9(2)11-7-12-10-5-3-4-6-16(14,15)13(11)8-10/h9-12H,3-8H2,1-2H3. The second kappa shape index (κ2) is 4.63. The zero-order valence-corrected chi connectivity index (χ0v) is 11.0. The molecule has 0 amide bonds. The van der Waals surface area contributed by atoms with Gasteiger partial charge in [0.25, 0.3) is 0 Å². The molecule has 5 heteroatoms. The Bertz CT molecular complexity index is 340. The molecular formula is C11H22N2O2S. The first-order chi connectivity index (χ1) is 7.50. The maximum Gasteiger partial charge on any atom is 0.214 e. The van der Waals surface area contributed by atoms with E-state index in [9.17, 15) is 8.42 Å². The Morgan fingerprint density at radius 1 is 1.31 bits per heavy atom. The van der Waals surface area contributed by atoms with Crippen LogP contribution in [0.2, 0.25) is 0 Å². The van der Waals surface area contributed by atoms with Crippen molar-refractivity contribution in [2.24, 2.45) is 5.92 Å². The molecule has 2 aliphatic heterocycles. The number of piperazine rings is 1. The van der Waals surface area contributed by atoms with Gasteiger partial charge in [0, 0.05) is 25.2 Å². The molecule has 94 valence electrons. The van der Waals surface area contributed by atoms with E-state index in [0.29, 0.717) is 24.3 Å². The number of sulfonamides is 1. The normalized spacial score (nSPS) is 39.1. The summed E-state index contributed by atoms with van der Waals surface area (Å²) >= 11 is 0. The van der Waals surface area contributed by atoms with E-state index in [1.807, 2.05) is 0 Å². The molecule has 3 atom stereocenters. The van der Waals surface area contributed by atoms with Gasteiger partial charge in [0.15, 0.2) is 0 Å². The summed E-state index contributed by atoms with van der Waals surface area (Å²) in [6.45, 7) is 5.68. The molecular weight excluding hydrogens is 224 g/mol. The molecule has 2 aliphatic rings. The Balaban J connectivity index is 2.24. The van der Waals surface area contributed by atoms with Crippen LogP contribution in [0.1, 0.15) is 33.1 Å². The molecule has 1 N–H and O–H groups in total. The molecule has 2 rings (SSSR count). The maximum absolute atomic E-state index is 12.2. The van der Waals surface area contributed by atoms with Crippen LogP contribution in [0, 0.1) is 5.92 Å². The highest BCUT2D eigenvalue weighted by atomic mass is 32.2.